The van der Waals surface area contributed by atoms with Crippen LogP contribution in [0, 0.1) is 6.92 Å². The molecule has 0 saturated carbocycles. The van der Waals surface area contributed by atoms with Crippen LogP contribution in [-0.4, -0.2) is 33.5 Å². The van der Waals surface area contributed by atoms with E-state index in [4.69, 9.17) is 9.47 Å². The molecule has 16 heavy (non-hydrogen) atoms. The summed E-state index contributed by atoms with van der Waals surface area (Å²) >= 11 is 3.52. The summed E-state index contributed by atoms with van der Waals surface area (Å²) in [6.07, 6.45) is 0. The first-order valence-corrected chi connectivity index (χ1v) is 6.10. The second-order valence-corrected chi connectivity index (χ2v) is 4.37. The Labute approximate surface area is 105 Å². The van der Waals surface area contributed by atoms with Gasteiger partial charge in [-0.25, -0.2) is 0 Å². The average molecular weight is 288 g/mol. The summed E-state index contributed by atoms with van der Waals surface area (Å²) in [6, 6.07) is 6.24. The molecule has 1 aromatic rings. The second kappa shape index (κ2) is 7.65. The van der Waals surface area contributed by atoms with Crippen LogP contribution in [0.3, 0.4) is 0 Å². The fourth-order valence-electron chi connectivity index (χ4n) is 1.27. The Hall–Kier alpha value is -0.580. The third-order valence-corrected chi connectivity index (χ3v) is 2.77. The number of methoxy groups -OCH3 is 1. The maximum absolute atomic E-state index is 5.36. The van der Waals surface area contributed by atoms with Gasteiger partial charge in [-0.2, -0.15) is 0 Å². The first kappa shape index (κ1) is 13.5. The van der Waals surface area contributed by atoms with Crippen molar-refractivity contribution in [2.75, 3.05) is 38.8 Å². The summed E-state index contributed by atoms with van der Waals surface area (Å²) in [4.78, 5) is 0. The van der Waals surface area contributed by atoms with Gasteiger partial charge in [-0.1, -0.05) is 6.07 Å². The average Bonchev–Trinajstić information content (AvgIpc) is 2.26. The molecule has 0 aromatic heterocycles. The summed E-state index contributed by atoms with van der Waals surface area (Å²) in [5.41, 5.74) is 2.34. The molecule has 0 saturated heterocycles. The van der Waals surface area contributed by atoms with E-state index in [0.29, 0.717) is 19.8 Å². The Morgan fingerprint density at radius 3 is 2.75 bits per heavy atom. The number of rotatable bonds is 7. The molecular weight excluding hydrogens is 270 g/mol. The molecule has 4 heteroatoms. The molecule has 0 fully saturated rings. The lowest BCUT2D eigenvalue weighted by atomic mass is 10.2. The summed E-state index contributed by atoms with van der Waals surface area (Å²) < 4.78 is 11.3. The number of hydrogen-bond acceptors (Lipinski definition) is 3. The van der Waals surface area contributed by atoms with Crippen LogP contribution in [0.5, 0.6) is 0 Å². The van der Waals surface area contributed by atoms with Gasteiger partial charge in [0.2, 0.25) is 0 Å². The first-order valence-electron chi connectivity index (χ1n) is 5.30. The molecule has 0 aliphatic carbocycles. The topological polar surface area (TPSA) is 30.5 Å². The van der Waals surface area contributed by atoms with Crippen molar-refractivity contribution in [2.24, 2.45) is 0 Å². The third-order valence-electron chi connectivity index (χ3n) is 2.12. The van der Waals surface area contributed by atoms with Crippen molar-refractivity contribution in [3.8, 4) is 0 Å². The van der Waals surface area contributed by atoms with Gasteiger partial charge in [0.1, 0.15) is 0 Å². The zero-order valence-electron chi connectivity index (χ0n) is 9.75. The van der Waals surface area contributed by atoms with E-state index in [1.165, 1.54) is 5.56 Å². The molecule has 0 amide bonds. The lowest BCUT2D eigenvalue weighted by Gasteiger charge is -2.09. The fourth-order valence-corrected chi connectivity index (χ4v) is 1.90. The van der Waals surface area contributed by atoms with Crippen molar-refractivity contribution in [3.63, 3.8) is 0 Å². The number of halogens is 1. The van der Waals surface area contributed by atoms with Gasteiger partial charge in [-0.3, -0.25) is 0 Å². The fraction of sp³-hybridized carbons (Fsp3) is 0.500. The van der Waals surface area contributed by atoms with Crippen LogP contribution in [0.4, 0.5) is 5.69 Å². The van der Waals surface area contributed by atoms with Crippen LogP contribution in [0.15, 0.2) is 22.7 Å². The molecule has 1 N–H and O–H groups in total. The van der Waals surface area contributed by atoms with E-state index in [2.05, 4.69) is 46.4 Å². The molecule has 0 aliphatic heterocycles. The summed E-state index contributed by atoms with van der Waals surface area (Å²) in [5, 5.41) is 3.30. The molecule has 3 nitrogen and oxygen atoms in total. The highest BCUT2D eigenvalue weighted by molar-refractivity contribution is 9.10. The van der Waals surface area contributed by atoms with Gasteiger partial charge in [0, 0.05) is 23.8 Å². The zero-order valence-corrected chi connectivity index (χ0v) is 11.3. The SMILES string of the molecule is COCCOCCNc1ccc(C)cc1Br. The van der Waals surface area contributed by atoms with Crippen molar-refractivity contribution in [3.05, 3.63) is 28.2 Å². The molecule has 0 bridgehead atoms. The molecule has 0 spiro atoms. The van der Waals surface area contributed by atoms with Crippen molar-refractivity contribution < 1.29 is 9.47 Å². The van der Waals surface area contributed by atoms with Crippen molar-refractivity contribution >= 4 is 21.6 Å². The molecule has 0 unspecified atom stereocenters. The second-order valence-electron chi connectivity index (χ2n) is 3.52. The molecule has 90 valence electrons. The minimum absolute atomic E-state index is 0.646. The van der Waals surface area contributed by atoms with Crippen LogP contribution >= 0.6 is 15.9 Å². The van der Waals surface area contributed by atoms with Gasteiger partial charge in [-0.05, 0) is 40.5 Å². The van der Waals surface area contributed by atoms with Gasteiger partial charge < -0.3 is 14.8 Å². The predicted octanol–water partition coefficient (Wildman–Crippen LogP) is 2.83. The Balaban J connectivity index is 2.21. The maximum atomic E-state index is 5.36. The Morgan fingerprint density at radius 2 is 2.06 bits per heavy atom. The molecule has 0 aliphatic rings. The molecule has 0 heterocycles. The van der Waals surface area contributed by atoms with Crippen LogP contribution in [0.25, 0.3) is 0 Å². The lowest BCUT2D eigenvalue weighted by Crippen LogP contribution is -2.12. The van der Waals surface area contributed by atoms with Crippen molar-refractivity contribution in [1.29, 1.82) is 0 Å². The molecule has 1 aromatic carbocycles. The zero-order chi connectivity index (χ0) is 11.8. The molecule has 0 atom stereocenters. The number of aryl methyl sites for hydroxylation is 1. The Morgan fingerprint density at radius 1 is 1.25 bits per heavy atom. The third kappa shape index (κ3) is 4.96. The van der Waals surface area contributed by atoms with Crippen molar-refractivity contribution in [1.82, 2.24) is 0 Å². The van der Waals surface area contributed by atoms with E-state index >= 15 is 0 Å². The maximum Gasteiger partial charge on any atom is 0.0701 e. The van der Waals surface area contributed by atoms with E-state index in [1.807, 2.05) is 0 Å². The molecule has 1 rings (SSSR count). The smallest absolute Gasteiger partial charge is 0.0701 e. The van der Waals surface area contributed by atoms with E-state index in [1.54, 1.807) is 7.11 Å². The Bertz CT molecular complexity index is 318. The van der Waals surface area contributed by atoms with Crippen LogP contribution in [0.1, 0.15) is 5.56 Å². The standard InChI is InChI=1S/C12H18BrNO2/c1-10-3-4-12(11(13)9-10)14-5-6-16-8-7-15-2/h3-4,9,14H,5-8H2,1-2H3. The summed E-state index contributed by atoms with van der Waals surface area (Å²) in [6.45, 7) is 4.85. The minimum Gasteiger partial charge on any atom is -0.382 e. The van der Waals surface area contributed by atoms with Gasteiger partial charge in [0.25, 0.3) is 0 Å². The van der Waals surface area contributed by atoms with E-state index in [-0.39, 0.29) is 0 Å². The highest BCUT2D eigenvalue weighted by Crippen LogP contribution is 2.22. The van der Waals surface area contributed by atoms with Crippen LogP contribution in [0.2, 0.25) is 0 Å². The monoisotopic (exact) mass is 287 g/mol. The number of ether oxygens (including phenoxy) is 2. The largest absolute Gasteiger partial charge is 0.382 e. The quantitative estimate of drug-likeness (QED) is 0.783. The Kier molecular flexibility index (Phi) is 6.45. The van der Waals surface area contributed by atoms with Crippen molar-refractivity contribution in [2.45, 2.75) is 6.92 Å². The van der Waals surface area contributed by atoms with Gasteiger partial charge in [0.15, 0.2) is 0 Å². The van der Waals surface area contributed by atoms with Crippen LogP contribution < -0.4 is 5.32 Å². The first-order chi connectivity index (χ1) is 7.74. The normalized spacial score (nSPS) is 10.4. The number of benzene rings is 1. The number of hydrogen-bond donors (Lipinski definition) is 1. The van der Waals surface area contributed by atoms with Gasteiger partial charge in [0.05, 0.1) is 19.8 Å². The number of nitrogens with one attached hydrogen (secondary N) is 1. The summed E-state index contributed by atoms with van der Waals surface area (Å²) in [5.74, 6) is 0. The van der Waals surface area contributed by atoms with Gasteiger partial charge >= 0.3 is 0 Å². The van der Waals surface area contributed by atoms with E-state index in [0.717, 1.165) is 16.7 Å². The lowest BCUT2D eigenvalue weighted by molar-refractivity contribution is 0.0759. The van der Waals surface area contributed by atoms with E-state index < -0.39 is 0 Å². The number of anilines is 1. The highest BCUT2D eigenvalue weighted by atomic mass is 79.9. The van der Waals surface area contributed by atoms with E-state index in [9.17, 15) is 0 Å². The summed E-state index contributed by atoms with van der Waals surface area (Å²) in [7, 11) is 1.67. The minimum atomic E-state index is 0.646. The van der Waals surface area contributed by atoms with Crippen LogP contribution in [-0.2, 0) is 9.47 Å². The molecular formula is C12H18BrNO2. The van der Waals surface area contributed by atoms with Gasteiger partial charge in [-0.15, -0.1) is 0 Å². The molecule has 0 radical (unpaired) electrons. The predicted molar refractivity (Wildman–Crippen MR) is 70.1 cm³/mol. The highest BCUT2D eigenvalue weighted by Gasteiger charge is 1.98.